The lowest BCUT2D eigenvalue weighted by Crippen LogP contribution is -2.64. The molecule has 1 unspecified atom stereocenters. The maximum absolute atomic E-state index is 12.4. The molecule has 0 amide bonds. The first-order valence-corrected chi connectivity index (χ1v) is 4.24. The summed E-state index contributed by atoms with van der Waals surface area (Å²) in [6.07, 6.45) is -4.13. The van der Waals surface area contributed by atoms with E-state index in [0.29, 0.717) is 6.54 Å². The summed E-state index contributed by atoms with van der Waals surface area (Å²) in [5, 5.41) is 2.88. The lowest BCUT2D eigenvalue weighted by molar-refractivity contribution is -0.188. The Morgan fingerprint density at radius 1 is 1.38 bits per heavy atom. The van der Waals surface area contributed by atoms with Crippen molar-refractivity contribution in [2.24, 2.45) is 0 Å². The van der Waals surface area contributed by atoms with E-state index in [-0.39, 0.29) is 12.1 Å². The average Bonchev–Trinajstić information content (AvgIpc) is 1.80. The minimum atomic E-state index is -4.13. The largest absolute Gasteiger partial charge is 0.405 e. The van der Waals surface area contributed by atoms with Gasteiger partial charge in [-0.05, 0) is 20.9 Å². The molecule has 0 aromatic rings. The summed E-state index contributed by atoms with van der Waals surface area (Å²) in [4.78, 5) is 1.36. The van der Waals surface area contributed by atoms with Gasteiger partial charge in [0.1, 0.15) is 6.04 Å². The Kier molecular flexibility index (Phi) is 2.60. The van der Waals surface area contributed by atoms with Crippen molar-refractivity contribution in [1.82, 2.24) is 10.2 Å². The predicted octanol–water partition coefficient (Wildman–Crippen LogP) is 1.23. The van der Waals surface area contributed by atoms with Gasteiger partial charge in [-0.3, -0.25) is 4.90 Å². The summed E-state index contributed by atoms with van der Waals surface area (Å²) in [5.74, 6) is 0. The lowest BCUT2D eigenvalue weighted by atomic mass is 9.99. The number of halogens is 3. The molecular weight excluding hydrogens is 181 g/mol. The number of likely N-dealkylation sites (N-methyl/N-ethyl adjacent to an activating group) is 1. The van der Waals surface area contributed by atoms with E-state index < -0.39 is 12.2 Å². The molecule has 1 heterocycles. The van der Waals surface area contributed by atoms with Gasteiger partial charge in [-0.25, -0.2) is 0 Å². The van der Waals surface area contributed by atoms with E-state index in [2.05, 4.69) is 5.32 Å². The summed E-state index contributed by atoms with van der Waals surface area (Å²) in [5.41, 5.74) is -0.226. The van der Waals surface area contributed by atoms with Crippen LogP contribution in [0.15, 0.2) is 0 Å². The smallest absolute Gasteiger partial charge is 0.309 e. The molecule has 78 valence electrons. The number of alkyl halides is 3. The lowest BCUT2D eigenvalue weighted by Gasteiger charge is -2.43. The summed E-state index contributed by atoms with van der Waals surface area (Å²) in [7, 11) is 1.51. The number of hydrogen-bond acceptors (Lipinski definition) is 2. The fourth-order valence-electron chi connectivity index (χ4n) is 1.68. The molecule has 1 fully saturated rings. The van der Waals surface area contributed by atoms with Crippen LogP contribution in [0.1, 0.15) is 13.8 Å². The Bertz CT molecular complexity index is 188. The number of rotatable bonds is 0. The van der Waals surface area contributed by atoms with E-state index in [1.165, 1.54) is 11.9 Å². The second-order valence-corrected chi connectivity index (χ2v) is 4.24. The molecule has 0 saturated carbocycles. The molecule has 2 nitrogen and oxygen atoms in total. The van der Waals surface area contributed by atoms with Crippen LogP contribution < -0.4 is 5.32 Å². The topological polar surface area (TPSA) is 15.3 Å². The van der Waals surface area contributed by atoms with Gasteiger partial charge in [0.2, 0.25) is 0 Å². The Balaban J connectivity index is 2.64. The molecule has 1 aliphatic heterocycles. The summed E-state index contributed by atoms with van der Waals surface area (Å²) < 4.78 is 37.1. The molecule has 13 heavy (non-hydrogen) atoms. The molecule has 1 saturated heterocycles. The van der Waals surface area contributed by atoms with Crippen molar-refractivity contribution in [1.29, 1.82) is 0 Å². The van der Waals surface area contributed by atoms with E-state index in [1.807, 2.05) is 13.8 Å². The van der Waals surface area contributed by atoms with E-state index in [1.54, 1.807) is 0 Å². The molecule has 1 N–H and O–H groups in total. The molecule has 1 aliphatic rings. The van der Waals surface area contributed by atoms with E-state index >= 15 is 0 Å². The Labute approximate surface area is 76.1 Å². The van der Waals surface area contributed by atoms with Gasteiger partial charge < -0.3 is 5.32 Å². The highest BCUT2D eigenvalue weighted by atomic mass is 19.4. The van der Waals surface area contributed by atoms with Crippen molar-refractivity contribution in [3.8, 4) is 0 Å². The van der Waals surface area contributed by atoms with Crippen molar-refractivity contribution >= 4 is 0 Å². The van der Waals surface area contributed by atoms with Crippen LogP contribution in [0, 0.1) is 0 Å². The highest BCUT2D eigenvalue weighted by Gasteiger charge is 2.46. The maximum atomic E-state index is 12.4. The summed E-state index contributed by atoms with van der Waals surface area (Å²) in [6, 6.07) is -1.35. The highest BCUT2D eigenvalue weighted by molar-refractivity contribution is 4.93. The van der Waals surface area contributed by atoms with E-state index in [9.17, 15) is 13.2 Å². The van der Waals surface area contributed by atoms with Crippen LogP contribution >= 0.6 is 0 Å². The monoisotopic (exact) mass is 196 g/mol. The number of nitrogens with one attached hydrogen (secondary N) is 1. The molecule has 1 rings (SSSR count). The van der Waals surface area contributed by atoms with Crippen molar-refractivity contribution in [3.63, 3.8) is 0 Å². The minimum absolute atomic E-state index is 0.0208. The number of nitrogens with zero attached hydrogens (tertiary/aromatic N) is 1. The van der Waals surface area contributed by atoms with Gasteiger partial charge in [-0.1, -0.05) is 0 Å². The van der Waals surface area contributed by atoms with Crippen molar-refractivity contribution in [2.75, 3.05) is 20.1 Å². The van der Waals surface area contributed by atoms with Gasteiger partial charge in [0.25, 0.3) is 0 Å². The second-order valence-electron chi connectivity index (χ2n) is 4.24. The van der Waals surface area contributed by atoms with Crippen LogP contribution in [0.2, 0.25) is 0 Å². The first kappa shape index (κ1) is 10.8. The quantitative estimate of drug-likeness (QED) is 0.627. The van der Waals surface area contributed by atoms with Gasteiger partial charge in [0.15, 0.2) is 0 Å². The normalized spacial score (nSPS) is 30.5. The van der Waals surface area contributed by atoms with Crippen LogP contribution in [0.3, 0.4) is 0 Å². The molecule has 0 aliphatic carbocycles. The van der Waals surface area contributed by atoms with Crippen LogP contribution in [-0.2, 0) is 0 Å². The number of hydrogen-bond donors (Lipinski definition) is 1. The fraction of sp³-hybridized carbons (Fsp3) is 1.00. The van der Waals surface area contributed by atoms with Gasteiger partial charge in [0.05, 0.1) is 0 Å². The molecule has 1 atom stereocenters. The van der Waals surface area contributed by atoms with Crippen molar-refractivity contribution < 1.29 is 13.2 Å². The van der Waals surface area contributed by atoms with Gasteiger partial charge in [-0.2, -0.15) is 13.2 Å². The number of piperazine rings is 1. The predicted molar refractivity (Wildman–Crippen MR) is 44.6 cm³/mol. The zero-order chi connectivity index (χ0) is 10.3. The molecule has 5 heteroatoms. The zero-order valence-corrected chi connectivity index (χ0v) is 8.07. The average molecular weight is 196 g/mol. The fourth-order valence-corrected chi connectivity index (χ4v) is 1.68. The summed E-state index contributed by atoms with van der Waals surface area (Å²) in [6.45, 7) is 4.19. The van der Waals surface area contributed by atoms with Crippen LogP contribution in [-0.4, -0.2) is 42.8 Å². The van der Waals surface area contributed by atoms with Gasteiger partial charge in [0, 0.05) is 18.6 Å². The minimum Gasteiger partial charge on any atom is -0.309 e. The third kappa shape index (κ3) is 2.57. The molecule has 0 aromatic carbocycles. The first-order valence-electron chi connectivity index (χ1n) is 4.24. The summed E-state index contributed by atoms with van der Waals surface area (Å²) >= 11 is 0. The SMILES string of the molecule is CN1CC(C)(C)NCC1C(F)(F)F. The van der Waals surface area contributed by atoms with Crippen LogP contribution in [0.5, 0.6) is 0 Å². The standard InChI is InChI=1S/C8H15F3N2/c1-7(2)5-13(3)6(4-12-7)8(9,10)11/h6,12H,4-5H2,1-3H3. The molecule has 0 aromatic heterocycles. The van der Waals surface area contributed by atoms with E-state index in [4.69, 9.17) is 0 Å². The van der Waals surface area contributed by atoms with Crippen molar-refractivity contribution in [3.05, 3.63) is 0 Å². The highest BCUT2D eigenvalue weighted by Crippen LogP contribution is 2.27. The molecular formula is C8H15F3N2. The van der Waals surface area contributed by atoms with Crippen molar-refractivity contribution in [2.45, 2.75) is 31.6 Å². The Morgan fingerprint density at radius 2 is 1.92 bits per heavy atom. The maximum Gasteiger partial charge on any atom is 0.405 e. The Morgan fingerprint density at radius 3 is 2.31 bits per heavy atom. The second kappa shape index (κ2) is 3.13. The van der Waals surface area contributed by atoms with Crippen LogP contribution in [0.4, 0.5) is 13.2 Å². The third-order valence-electron chi connectivity index (χ3n) is 2.33. The molecule has 0 radical (unpaired) electrons. The van der Waals surface area contributed by atoms with Gasteiger partial charge in [-0.15, -0.1) is 0 Å². The first-order chi connectivity index (χ1) is 5.72. The molecule has 0 bridgehead atoms. The van der Waals surface area contributed by atoms with Crippen LogP contribution in [0.25, 0.3) is 0 Å². The zero-order valence-electron chi connectivity index (χ0n) is 8.07. The Hall–Kier alpha value is -0.290. The van der Waals surface area contributed by atoms with Gasteiger partial charge >= 0.3 is 6.18 Å². The van der Waals surface area contributed by atoms with E-state index in [0.717, 1.165) is 0 Å². The third-order valence-corrected chi connectivity index (χ3v) is 2.33. The molecule has 0 spiro atoms.